The zero-order valence-corrected chi connectivity index (χ0v) is 12.9. The van der Waals surface area contributed by atoms with Crippen molar-refractivity contribution in [1.82, 2.24) is 4.98 Å². The molecule has 0 saturated carbocycles. The van der Waals surface area contributed by atoms with E-state index >= 15 is 0 Å². The van der Waals surface area contributed by atoms with E-state index in [1.54, 1.807) is 18.2 Å². The lowest BCUT2D eigenvalue weighted by molar-refractivity contribution is 0.103. The minimum atomic E-state index is -0.367. The Morgan fingerprint density at radius 2 is 2.20 bits per heavy atom. The number of carbonyl (C=O) groups excluding carboxylic acids is 1. The van der Waals surface area contributed by atoms with Crippen molar-refractivity contribution in [1.29, 1.82) is 0 Å². The molecule has 2 rings (SSSR count). The summed E-state index contributed by atoms with van der Waals surface area (Å²) in [5.74, 6) is -0.185. The number of carbonyl (C=O) groups is 1. The summed E-state index contributed by atoms with van der Waals surface area (Å²) in [6.45, 7) is 2.64. The topological polar surface area (TPSA) is 80.0 Å². The zero-order valence-electron chi connectivity index (χ0n) is 10.5. The molecule has 0 unspecified atom stereocenters. The van der Waals surface area contributed by atoms with Gasteiger partial charge in [-0.15, -0.1) is 0 Å². The van der Waals surface area contributed by atoms with E-state index in [1.165, 1.54) is 11.3 Å². The molecule has 5 nitrogen and oxygen atoms in total. The summed E-state index contributed by atoms with van der Waals surface area (Å²) in [5, 5.41) is 7.17. The number of nitrogens with two attached hydrogens (primary N) is 1. The molecule has 0 aliphatic heterocycles. The Kier molecular flexibility index (Phi) is 4.69. The van der Waals surface area contributed by atoms with Crippen LogP contribution < -0.4 is 16.4 Å². The molecule has 0 fully saturated rings. The molecule has 0 atom stereocenters. The van der Waals surface area contributed by atoms with Crippen molar-refractivity contribution in [2.45, 2.75) is 6.92 Å². The molecule has 4 N–H and O–H groups in total. The first-order valence-electron chi connectivity index (χ1n) is 5.77. The van der Waals surface area contributed by atoms with Crippen molar-refractivity contribution in [2.75, 3.05) is 22.9 Å². The maximum atomic E-state index is 12.2. The highest BCUT2D eigenvalue weighted by atomic mass is 35.5. The van der Waals surface area contributed by atoms with Crippen LogP contribution in [0.4, 0.5) is 16.6 Å². The number of nitrogen functional groups attached to an aromatic ring is 1. The van der Waals surface area contributed by atoms with Crippen LogP contribution in [-0.2, 0) is 0 Å². The van der Waals surface area contributed by atoms with E-state index in [2.05, 4.69) is 15.6 Å². The number of anilines is 3. The molecule has 106 valence electrons. The number of benzene rings is 1. The summed E-state index contributed by atoms with van der Waals surface area (Å²) in [7, 11) is 0. The van der Waals surface area contributed by atoms with Crippen LogP contribution in [0.3, 0.4) is 0 Å². The molecule has 0 radical (unpaired) electrons. The molecule has 0 spiro atoms. The molecule has 0 aliphatic rings. The fourth-order valence-electron chi connectivity index (χ4n) is 1.49. The molecule has 1 aromatic carbocycles. The molecule has 2 aromatic rings. The SMILES string of the molecule is CCNc1nc(N)c(C(=O)Nc2cc(Cl)ccc2Cl)s1. The maximum absolute atomic E-state index is 12.2. The number of hydrogen-bond acceptors (Lipinski definition) is 5. The van der Waals surface area contributed by atoms with Crippen LogP contribution in [0.5, 0.6) is 0 Å². The van der Waals surface area contributed by atoms with Gasteiger partial charge >= 0.3 is 0 Å². The lowest BCUT2D eigenvalue weighted by Gasteiger charge is -2.06. The fraction of sp³-hybridized carbons (Fsp3) is 0.167. The van der Waals surface area contributed by atoms with Gasteiger partial charge in [-0.05, 0) is 25.1 Å². The van der Waals surface area contributed by atoms with E-state index in [0.717, 1.165) is 0 Å². The highest BCUT2D eigenvalue weighted by Crippen LogP contribution is 2.29. The predicted octanol–water partition coefficient (Wildman–Crippen LogP) is 3.72. The van der Waals surface area contributed by atoms with Gasteiger partial charge in [0.1, 0.15) is 10.7 Å². The van der Waals surface area contributed by atoms with Crippen LogP contribution in [0.2, 0.25) is 10.0 Å². The molecule has 8 heteroatoms. The van der Waals surface area contributed by atoms with Crippen molar-refractivity contribution in [3.05, 3.63) is 33.1 Å². The lowest BCUT2D eigenvalue weighted by Crippen LogP contribution is -2.12. The second-order valence-electron chi connectivity index (χ2n) is 3.84. The number of nitrogens with zero attached hydrogens (tertiary/aromatic N) is 1. The molecular formula is C12H12Cl2N4OS. The van der Waals surface area contributed by atoms with Gasteiger partial charge in [0.05, 0.1) is 10.7 Å². The van der Waals surface area contributed by atoms with Gasteiger partial charge in [0.15, 0.2) is 5.13 Å². The van der Waals surface area contributed by atoms with Crippen LogP contribution in [0.1, 0.15) is 16.6 Å². The third kappa shape index (κ3) is 3.33. The van der Waals surface area contributed by atoms with E-state index < -0.39 is 0 Å². The third-order valence-electron chi connectivity index (χ3n) is 2.36. The maximum Gasteiger partial charge on any atom is 0.269 e. The molecule has 1 amide bonds. The van der Waals surface area contributed by atoms with Gasteiger partial charge in [-0.3, -0.25) is 4.79 Å². The van der Waals surface area contributed by atoms with Crippen molar-refractivity contribution in [2.24, 2.45) is 0 Å². The standard InChI is InChI=1S/C12H12Cl2N4OS/c1-2-16-12-18-10(15)9(20-12)11(19)17-8-5-6(13)3-4-7(8)14/h3-5H,2,15H2,1H3,(H,16,18)(H,17,19). The fourth-order valence-corrected chi connectivity index (χ4v) is 2.68. The zero-order chi connectivity index (χ0) is 14.7. The number of aromatic nitrogens is 1. The summed E-state index contributed by atoms with van der Waals surface area (Å²) < 4.78 is 0. The molecule has 20 heavy (non-hydrogen) atoms. The minimum absolute atomic E-state index is 0.182. The monoisotopic (exact) mass is 330 g/mol. The van der Waals surface area contributed by atoms with Gasteiger partial charge < -0.3 is 16.4 Å². The second-order valence-corrected chi connectivity index (χ2v) is 5.68. The molecule has 0 bridgehead atoms. The lowest BCUT2D eigenvalue weighted by atomic mass is 10.3. The van der Waals surface area contributed by atoms with Gasteiger partial charge in [0.25, 0.3) is 5.91 Å². The van der Waals surface area contributed by atoms with Crippen molar-refractivity contribution in [3.8, 4) is 0 Å². The molecular weight excluding hydrogens is 319 g/mol. The quantitative estimate of drug-likeness (QED) is 0.798. The van der Waals surface area contributed by atoms with Gasteiger partial charge in [0, 0.05) is 11.6 Å². The smallest absolute Gasteiger partial charge is 0.269 e. The normalized spacial score (nSPS) is 10.3. The minimum Gasteiger partial charge on any atom is -0.382 e. The highest BCUT2D eigenvalue weighted by Gasteiger charge is 2.17. The van der Waals surface area contributed by atoms with Crippen molar-refractivity contribution >= 4 is 57.1 Å². The van der Waals surface area contributed by atoms with Crippen molar-refractivity contribution < 1.29 is 4.79 Å². The van der Waals surface area contributed by atoms with E-state index in [0.29, 0.717) is 32.3 Å². The average molecular weight is 331 g/mol. The number of hydrogen-bond donors (Lipinski definition) is 3. The summed E-state index contributed by atoms with van der Waals surface area (Å²) in [6.07, 6.45) is 0. The Labute approximate surface area is 130 Å². The number of halogens is 2. The van der Waals surface area contributed by atoms with E-state index in [4.69, 9.17) is 28.9 Å². The Balaban J connectivity index is 2.21. The number of amides is 1. The Bertz CT molecular complexity index is 644. The summed E-state index contributed by atoms with van der Waals surface area (Å²) >= 11 is 13.0. The van der Waals surface area contributed by atoms with Gasteiger partial charge in [0.2, 0.25) is 0 Å². The van der Waals surface area contributed by atoms with E-state index in [1.807, 2.05) is 6.92 Å². The highest BCUT2D eigenvalue weighted by molar-refractivity contribution is 7.18. The molecule has 0 aliphatic carbocycles. The van der Waals surface area contributed by atoms with Crippen LogP contribution in [0, 0.1) is 0 Å². The largest absolute Gasteiger partial charge is 0.382 e. The number of thiazole rings is 1. The van der Waals surface area contributed by atoms with Crippen molar-refractivity contribution in [3.63, 3.8) is 0 Å². The first-order valence-corrected chi connectivity index (χ1v) is 7.35. The Morgan fingerprint density at radius 3 is 2.90 bits per heavy atom. The first kappa shape index (κ1) is 14.9. The van der Waals surface area contributed by atoms with E-state index in [9.17, 15) is 4.79 Å². The summed E-state index contributed by atoms with van der Waals surface area (Å²) in [6, 6.07) is 4.83. The average Bonchev–Trinajstić information content (AvgIpc) is 2.75. The van der Waals surface area contributed by atoms with E-state index in [-0.39, 0.29) is 11.7 Å². The van der Waals surface area contributed by atoms with Gasteiger partial charge in [-0.2, -0.15) is 0 Å². The second kappa shape index (κ2) is 6.30. The first-order chi connectivity index (χ1) is 9.51. The third-order valence-corrected chi connectivity index (χ3v) is 3.96. The Morgan fingerprint density at radius 1 is 1.45 bits per heavy atom. The predicted molar refractivity (Wildman–Crippen MR) is 85.1 cm³/mol. The van der Waals surface area contributed by atoms with Crippen LogP contribution in [0.25, 0.3) is 0 Å². The van der Waals surface area contributed by atoms with Crippen LogP contribution in [0.15, 0.2) is 18.2 Å². The summed E-state index contributed by atoms with van der Waals surface area (Å²) in [4.78, 5) is 16.6. The number of nitrogens with one attached hydrogen (secondary N) is 2. The summed E-state index contributed by atoms with van der Waals surface area (Å²) in [5.41, 5.74) is 6.17. The van der Waals surface area contributed by atoms with Crippen LogP contribution in [-0.4, -0.2) is 17.4 Å². The molecule has 1 heterocycles. The van der Waals surface area contributed by atoms with Gasteiger partial charge in [-0.25, -0.2) is 4.98 Å². The number of rotatable bonds is 4. The van der Waals surface area contributed by atoms with Crippen LogP contribution >= 0.6 is 34.5 Å². The van der Waals surface area contributed by atoms with Gasteiger partial charge in [-0.1, -0.05) is 34.5 Å². The molecule has 1 aromatic heterocycles. The Hall–Kier alpha value is -1.50. The molecule has 0 saturated heterocycles.